The van der Waals surface area contributed by atoms with Gasteiger partial charge in [-0.2, -0.15) is 0 Å². The number of hydrogen-bond acceptors (Lipinski definition) is 3. The van der Waals surface area contributed by atoms with E-state index in [0.717, 1.165) is 12.1 Å². The molecule has 1 fully saturated rings. The lowest BCUT2D eigenvalue weighted by Crippen LogP contribution is -2.41. The van der Waals surface area contributed by atoms with Gasteiger partial charge in [0, 0.05) is 17.9 Å². The summed E-state index contributed by atoms with van der Waals surface area (Å²) in [5.74, 6) is 0.512. The molecule has 3 rings (SSSR count). The molecule has 1 aromatic carbocycles. The smallest absolute Gasteiger partial charge is 0.0963 e. The largest absolute Gasteiger partial charge is 0.330 e. The van der Waals surface area contributed by atoms with Crippen LogP contribution in [0.4, 0.5) is 0 Å². The van der Waals surface area contributed by atoms with E-state index in [-0.39, 0.29) is 5.41 Å². The summed E-state index contributed by atoms with van der Waals surface area (Å²) in [5, 5.41) is 1.23. The molecule has 2 N–H and O–H groups in total. The molecule has 96 valence electrons. The first-order valence-corrected chi connectivity index (χ1v) is 7.57. The Kier molecular flexibility index (Phi) is 2.91. The maximum atomic E-state index is 5.98. The van der Waals surface area contributed by atoms with Gasteiger partial charge in [-0.1, -0.05) is 26.3 Å². The van der Waals surface area contributed by atoms with Crippen LogP contribution in [-0.4, -0.2) is 11.5 Å². The molecule has 0 atom stereocenters. The van der Waals surface area contributed by atoms with E-state index in [1.165, 1.54) is 34.5 Å². The predicted octanol–water partition coefficient (Wildman–Crippen LogP) is 3.80. The SMILES string of the molecule is CC(C)c1nc2cc(C3(CN)CCC3)ccc2s1. The van der Waals surface area contributed by atoms with Crippen molar-refractivity contribution in [1.82, 2.24) is 4.98 Å². The summed E-state index contributed by atoms with van der Waals surface area (Å²) < 4.78 is 1.30. The standard InChI is InChI=1S/C15H20N2S/c1-10(2)14-17-12-8-11(4-5-13(12)18-14)15(9-16)6-3-7-15/h4-5,8,10H,3,6-7,9,16H2,1-2H3. The van der Waals surface area contributed by atoms with E-state index in [0.29, 0.717) is 5.92 Å². The maximum absolute atomic E-state index is 5.98. The Morgan fingerprint density at radius 2 is 2.17 bits per heavy atom. The fourth-order valence-electron chi connectivity index (χ4n) is 2.74. The highest BCUT2D eigenvalue weighted by atomic mass is 32.1. The first-order valence-electron chi connectivity index (χ1n) is 6.76. The average molecular weight is 260 g/mol. The van der Waals surface area contributed by atoms with Crippen molar-refractivity contribution < 1.29 is 0 Å². The van der Waals surface area contributed by atoms with Gasteiger partial charge in [-0.05, 0) is 30.5 Å². The third-order valence-corrected chi connectivity index (χ3v) is 5.55. The summed E-state index contributed by atoms with van der Waals surface area (Å²) in [7, 11) is 0. The Hall–Kier alpha value is -0.930. The van der Waals surface area contributed by atoms with Crippen LogP contribution < -0.4 is 5.73 Å². The van der Waals surface area contributed by atoms with Gasteiger partial charge in [-0.3, -0.25) is 0 Å². The third kappa shape index (κ3) is 1.77. The number of aromatic nitrogens is 1. The minimum Gasteiger partial charge on any atom is -0.330 e. The zero-order valence-electron chi connectivity index (χ0n) is 11.1. The number of rotatable bonds is 3. The third-order valence-electron chi connectivity index (χ3n) is 4.21. The van der Waals surface area contributed by atoms with E-state index < -0.39 is 0 Å². The lowest BCUT2D eigenvalue weighted by Gasteiger charge is -2.41. The number of thiazole rings is 1. The van der Waals surface area contributed by atoms with Crippen molar-refractivity contribution in [1.29, 1.82) is 0 Å². The molecule has 1 aliphatic carbocycles. The van der Waals surface area contributed by atoms with Crippen LogP contribution in [0, 0.1) is 0 Å². The van der Waals surface area contributed by atoms with Crippen LogP contribution in [0.2, 0.25) is 0 Å². The molecule has 2 nitrogen and oxygen atoms in total. The van der Waals surface area contributed by atoms with Crippen molar-refractivity contribution >= 4 is 21.6 Å². The molecule has 0 radical (unpaired) electrons. The number of nitrogens with zero attached hydrogens (tertiary/aromatic N) is 1. The van der Waals surface area contributed by atoms with Crippen molar-refractivity contribution in [2.45, 2.75) is 44.4 Å². The summed E-state index contributed by atoms with van der Waals surface area (Å²) in [6, 6.07) is 6.75. The van der Waals surface area contributed by atoms with Crippen LogP contribution in [0.1, 0.15) is 49.6 Å². The molecule has 0 spiro atoms. The fraction of sp³-hybridized carbons (Fsp3) is 0.533. The average Bonchev–Trinajstić information content (AvgIpc) is 2.71. The molecule has 1 aliphatic rings. The quantitative estimate of drug-likeness (QED) is 0.911. The molecule has 0 aliphatic heterocycles. The summed E-state index contributed by atoms with van der Waals surface area (Å²) >= 11 is 1.82. The van der Waals surface area contributed by atoms with Gasteiger partial charge in [0.25, 0.3) is 0 Å². The highest BCUT2D eigenvalue weighted by Gasteiger charge is 2.37. The summed E-state index contributed by atoms with van der Waals surface area (Å²) in [4.78, 5) is 4.76. The van der Waals surface area contributed by atoms with Gasteiger partial charge in [0.15, 0.2) is 0 Å². The van der Waals surface area contributed by atoms with Gasteiger partial charge < -0.3 is 5.73 Å². The van der Waals surface area contributed by atoms with Gasteiger partial charge >= 0.3 is 0 Å². The fourth-order valence-corrected chi connectivity index (χ4v) is 3.69. The lowest BCUT2D eigenvalue weighted by molar-refractivity contribution is 0.253. The monoisotopic (exact) mass is 260 g/mol. The van der Waals surface area contributed by atoms with Gasteiger partial charge in [0.2, 0.25) is 0 Å². The second-order valence-corrected chi connectivity index (χ2v) is 6.79. The predicted molar refractivity (Wildman–Crippen MR) is 78.3 cm³/mol. The van der Waals surface area contributed by atoms with Crippen LogP contribution in [0.5, 0.6) is 0 Å². The van der Waals surface area contributed by atoms with E-state index >= 15 is 0 Å². The van der Waals surface area contributed by atoms with E-state index in [9.17, 15) is 0 Å². The molecule has 3 heteroatoms. The number of hydrogen-bond donors (Lipinski definition) is 1. The zero-order valence-corrected chi connectivity index (χ0v) is 11.9. The minimum absolute atomic E-state index is 0.246. The second-order valence-electron chi connectivity index (χ2n) is 5.73. The van der Waals surface area contributed by atoms with Crippen LogP contribution >= 0.6 is 11.3 Å². The first kappa shape index (κ1) is 12.1. The molecule has 1 aromatic heterocycles. The molecular formula is C15H20N2S. The Labute approximate surface area is 112 Å². The van der Waals surface area contributed by atoms with Crippen LogP contribution in [-0.2, 0) is 5.41 Å². The van der Waals surface area contributed by atoms with Gasteiger partial charge in [0.1, 0.15) is 0 Å². The number of nitrogens with two attached hydrogens (primary N) is 1. The van der Waals surface area contributed by atoms with Crippen molar-refractivity contribution in [2.75, 3.05) is 6.54 Å². The summed E-state index contributed by atoms with van der Waals surface area (Å²) in [6.45, 7) is 5.16. The second kappa shape index (κ2) is 4.32. The highest BCUT2D eigenvalue weighted by Crippen LogP contribution is 2.43. The van der Waals surface area contributed by atoms with Gasteiger partial charge in [-0.15, -0.1) is 11.3 Å². The van der Waals surface area contributed by atoms with Crippen molar-refractivity contribution in [3.05, 3.63) is 28.8 Å². The Morgan fingerprint density at radius 3 is 2.72 bits per heavy atom. The molecule has 2 aromatic rings. The zero-order chi connectivity index (χ0) is 12.8. The van der Waals surface area contributed by atoms with E-state index in [2.05, 4.69) is 32.0 Å². The normalized spacial score (nSPS) is 18.2. The van der Waals surface area contributed by atoms with Crippen LogP contribution in [0.25, 0.3) is 10.2 Å². The molecule has 0 unspecified atom stereocenters. The molecule has 1 saturated carbocycles. The highest BCUT2D eigenvalue weighted by molar-refractivity contribution is 7.18. The lowest BCUT2D eigenvalue weighted by atomic mass is 9.64. The van der Waals surface area contributed by atoms with Crippen LogP contribution in [0.3, 0.4) is 0 Å². The summed E-state index contributed by atoms with van der Waals surface area (Å²) in [5.41, 5.74) is 8.77. The molecule has 1 heterocycles. The Morgan fingerprint density at radius 1 is 1.39 bits per heavy atom. The van der Waals surface area contributed by atoms with Gasteiger partial charge in [-0.25, -0.2) is 4.98 Å². The number of benzene rings is 1. The Bertz CT molecular complexity index is 561. The molecule has 0 amide bonds. The topological polar surface area (TPSA) is 38.9 Å². The summed E-state index contributed by atoms with van der Waals surface area (Å²) in [6.07, 6.45) is 3.77. The Balaban J connectivity index is 2.05. The van der Waals surface area contributed by atoms with Crippen molar-refractivity contribution in [2.24, 2.45) is 5.73 Å². The first-order chi connectivity index (χ1) is 8.64. The maximum Gasteiger partial charge on any atom is 0.0963 e. The minimum atomic E-state index is 0.246. The van der Waals surface area contributed by atoms with E-state index in [4.69, 9.17) is 10.7 Å². The molecule has 18 heavy (non-hydrogen) atoms. The van der Waals surface area contributed by atoms with Crippen LogP contribution in [0.15, 0.2) is 18.2 Å². The number of fused-ring (bicyclic) bond motifs is 1. The van der Waals surface area contributed by atoms with E-state index in [1.807, 2.05) is 11.3 Å². The van der Waals surface area contributed by atoms with E-state index in [1.54, 1.807) is 0 Å². The van der Waals surface area contributed by atoms with Crippen molar-refractivity contribution in [3.8, 4) is 0 Å². The van der Waals surface area contributed by atoms with Gasteiger partial charge in [0.05, 0.1) is 15.2 Å². The van der Waals surface area contributed by atoms with Crippen molar-refractivity contribution in [3.63, 3.8) is 0 Å². The molecule has 0 saturated heterocycles. The molecular weight excluding hydrogens is 240 g/mol. The molecule has 0 bridgehead atoms.